The minimum atomic E-state index is -4.13. The molecule has 0 aromatic heterocycles. The van der Waals surface area contributed by atoms with Crippen molar-refractivity contribution < 1.29 is 17.6 Å². The van der Waals surface area contributed by atoms with Crippen molar-refractivity contribution in [3.8, 4) is 0 Å². The Kier molecular flexibility index (Phi) is 4.87. The number of likely N-dealkylation sites (tertiary alicyclic amines) is 1. The fourth-order valence-corrected chi connectivity index (χ4v) is 3.43. The van der Waals surface area contributed by atoms with E-state index in [1.54, 1.807) is 4.90 Å². The number of primary sulfonamides is 1. The SMILES string of the molecule is C[C@H]1CCC[C@@H](C)N(C(=O)c2ccc(S(N)(=O)=O)c(F)c2)C1. The number of nitrogens with two attached hydrogens (primary N) is 1. The lowest BCUT2D eigenvalue weighted by atomic mass is 10.1. The molecular formula is C15H21FN2O3S. The number of benzene rings is 1. The molecule has 0 aliphatic carbocycles. The number of hydrogen-bond donors (Lipinski definition) is 1. The molecule has 122 valence electrons. The highest BCUT2D eigenvalue weighted by molar-refractivity contribution is 7.89. The Morgan fingerprint density at radius 3 is 2.59 bits per heavy atom. The number of rotatable bonds is 2. The monoisotopic (exact) mass is 328 g/mol. The largest absolute Gasteiger partial charge is 0.336 e. The summed E-state index contributed by atoms with van der Waals surface area (Å²) in [6.07, 6.45) is 3.03. The summed E-state index contributed by atoms with van der Waals surface area (Å²) < 4.78 is 36.3. The highest BCUT2D eigenvalue weighted by atomic mass is 32.2. The smallest absolute Gasteiger partial charge is 0.254 e. The molecule has 1 aliphatic rings. The van der Waals surface area contributed by atoms with Gasteiger partial charge in [0, 0.05) is 18.2 Å². The molecule has 1 aromatic carbocycles. The molecule has 1 aliphatic heterocycles. The van der Waals surface area contributed by atoms with Gasteiger partial charge in [-0.25, -0.2) is 17.9 Å². The summed E-state index contributed by atoms with van der Waals surface area (Å²) >= 11 is 0. The Bertz CT molecular complexity index is 675. The summed E-state index contributed by atoms with van der Waals surface area (Å²) in [5.41, 5.74) is 0.144. The molecule has 22 heavy (non-hydrogen) atoms. The van der Waals surface area contributed by atoms with E-state index < -0.39 is 20.7 Å². The molecule has 0 saturated carbocycles. The molecule has 1 aromatic rings. The van der Waals surface area contributed by atoms with Crippen LogP contribution in [0.15, 0.2) is 23.1 Å². The number of carbonyl (C=O) groups is 1. The second kappa shape index (κ2) is 6.34. The zero-order valence-electron chi connectivity index (χ0n) is 12.8. The molecule has 2 atom stereocenters. The van der Waals surface area contributed by atoms with Crippen molar-refractivity contribution in [1.29, 1.82) is 0 Å². The van der Waals surface area contributed by atoms with Gasteiger partial charge in [-0.2, -0.15) is 0 Å². The Morgan fingerprint density at radius 1 is 1.32 bits per heavy atom. The van der Waals surface area contributed by atoms with Crippen LogP contribution in [0.1, 0.15) is 43.5 Å². The third-order valence-electron chi connectivity index (χ3n) is 4.11. The molecule has 2 rings (SSSR count). The van der Waals surface area contributed by atoms with Crippen molar-refractivity contribution in [2.24, 2.45) is 11.1 Å². The van der Waals surface area contributed by atoms with E-state index in [2.05, 4.69) is 6.92 Å². The van der Waals surface area contributed by atoms with E-state index in [1.807, 2.05) is 6.92 Å². The van der Waals surface area contributed by atoms with Gasteiger partial charge in [0.15, 0.2) is 0 Å². The molecule has 1 amide bonds. The Hall–Kier alpha value is -1.47. The second-order valence-corrected chi connectivity index (χ2v) is 7.56. The summed E-state index contributed by atoms with van der Waals surface area (Å²) in [6.45, 7) is 4.69. The topological polar surface area (TPSA) is 80.5 Å². The van der Waals surface area contributed by atoms with Crippen LogP contribution < -0.4 is 5.14 Å². The van der Waals surface area contributed by atoms with Crippen LogP contribution in [0, 0.1) is 11.7 Å². The fourth-order valence-electron chi connectivity index (χ4n) is 2.84. The molecule has 0 radical (unpaired) electrons. The van der Waals surface area contributed by atoms with Crippen molar-refractivity contribution in [2.75, 3.05) is 6.54 Å². The first-order valence-electron chi connectivity index (χ1n) is 7.33. The van der Waals surface area contributed by atoms with E-state index in [1.165, 1.54) is 6.07 Å². The van der Waals surface area contributed by atoms with Crippen molar-refractivity contribution in [3.05, 3.63) is 29.6 Å². The molecule has 1 heterocycles. The van der Waals surface area contributed by atoms with Gasteiger partial charge in [0.1, 0.15) is 10.7 Å². The fraction of sp³-hybridized carbons (Fsp3) is 0.533. The molecule has 0 spiro atoms. The lowest BCUT2D eigenvalue weighted by Crippen LogP contribution is -2.39. The molecule has 0 bridgehead atoms. The van der Waals surface area contributed by atoms with E-state index in [4.69, 9.17) is 5.14 Å². The van der Waals surface area contributed by atoms with Gasteiger partial charge >= 0.3 is 0 Å². The molecule has 7 heteroatoms. The number of sulfonamides is 1. The van der Waals surface area contributed by atoms with E-state index in [0.29, 0.717) is 12.5 Å². The summed E-state index contributed by atoms with van der Waals surface area (Å²) in [4.78, 5) is 13.7. The van der Waals surface area contributed by atoms with E-state index in [-0.39, 0.29) is 17.5 Å². The van der Waals surface area contributed by atoms with Crippen molar-refractivity contribution in [1.82, 2.24) is 4.90 Å². The van der Waals surface area contributed by atoms with Crippen LogP contribution in [0.4, 0.5) is 4.39 Å². The number of carbonyl (C=O) groups excluding carboxylic acids is 1. The Labute approximate surface area is 130 Å². The maximum Gasteiger partial charge on any atom is 0.254 e. The third kappa shape index (κ3) is 3.64. The standard InChI is InChI=1S/C15H21FN2O3S/c1-10-4-3-5-11(2)18(9-10)15(19)12-6-7-14(13(16)8-12)22(17,20)21/h6-8,10-11H,3-5,9H2,1-2H3,(H2,17,20,21)/t10-,11+/m0/s1. The third-order valence-corrected chi connectivity index (χ3v) is 5.05. The molecule has 1 saturated heterocycles. The predicted octanol–water partition coefficient (Wildman–Crippen LogP) is 2.12. The first-order chi connectivity index (χ1) is 10.2. The van der Waals surface area contributed by atoms with Crippen molar-refractivity contribution >= 4 is 15.9 Å². The summed E-state index contributed by atoms with van der Waals surface area (Å²) in [6, 6.07) is 3.39. The number of halogens is 1. The lowest BCUT2D eigenvalue weighted by molar-refractivity contribution is 0.0677. The lowest BCUT2D eigenvalue weighted by Gasteiger charge is -2.29. The van der Waals surface area contributed by atoms with Gasteiger partial charge < -0.3 is 4.90 Å². The average Bonchev–Trinajstić information content (AvgIpc) is 2.58. The van der Waals surface area contributed by atoms with Gasteiger partial charge in [-0.3, -0.25) is 4.79 Å². The Balaban J connectivity index is 2.31. The first-order valence-corrected chi connectivity index (χ1v) is 8.88. The van der Waals surface area contributed by atoms with Crippen LogP contribution in [0.5, 0.6) is 0 Å². The summed E-state index contributed by atoms with van der Waals surface area (Å²) in [5.74, 6) is -0.882. The van der Waals surface area contributed by atoms with Gasteiger partial charge in [-0.15, -0.1) is 0 Å². The Morgan fingerprint density at radius 2 is 2.00 bits per heavy atom. The maximum atomic E-state index is 13.9. The summed E-state index contributed by atoms with van der Waals surface area (Å²) in [7, 11) is -4.13. The zero-order chi connectivity index (χ0) is 16.5. The minimum Gasteiger partial charge on any atom is -0.336 e. The zero-order valence-corrected chi connectivity index (χ0v) is 13.6. The maximum absolute atomic E-state index is 13.9. The van der Waals surface area contributed by atoms with Gasteiger partial charge in [-0.1, -0.05) is 13.3 Å². The molecule has 5 nitrogen and oxygen atoms in total. The number of hydrogen-bond acceptors (Lipinski definition) is 3. The van der Waals surface area contributed by atoms with Gasteiger partial charge in [-0.05, 0) is 43.9 Å². The van der Waals surface area contributed by atoms with Crippen LogP contribution in [0.25, 0.3) is 0 Å². The van der Waals surface area contributed by atoms with Crippen LogP contribution >= 0.6 is 0 Å². The first kappa shape index (κ1) is 16.9. The molecule has 2 N–H and O–H groups in total. The van der Waals surface area contributed by atoms with E-state index in [9.17, 15) is 17.6 Å². The van der Waals surface area contributed by atoms with E-state index in [0.717, 1.165) is 31.4 Å². The van der Waals surface area contributed by atoms with Gasteiger partial charge in [0.25, 0.3) is 5.91 Å². The number of amides is 1. The summed E-state index contributed by atoms with van der Waals surface area (Å²) in [5, 5.41) is 4.92. The molecule has 1 fully saturated rings. The number of nitrogens with zero attached hydrogens (tertiary/aromatic N) is 1. The van der Waals surface area contributed by atoms with Crippen LogP contribution in [0.3, 0.4) is 0 Å². The van der Waals surface area contributed by atoms with Gasteiger partial charge in [0.05, 0.1) is 0 Å². The van der Waals surface area contributed by atoms with E-state index >= 15 is 0 Å². The van der Waals surface area contributed by atoms with Crippen LogP contribution in [-0.4, -0.2) is 31.8 Å². The quantitative estimate of drug-likeness (QED) is 0.903. The predicted molar refractivity (Wildman–Crippen MR) is 81.3 cm³/mol. The average molecular weight is 328 g/mol. The van der Waals surface area contributed by atoms with Crippen molar-refractivity contribution in [3.63, 3.8) is 0 Å². The van der Waals surface area contributed by atoms with Gasteiger partial charge in [0.2, 0.25) is 10.0 Å². The molecule has 0 unspecified atom stereocenters. The molecular weight excluding hydrogens is 307 g/mol. The highest BCUT2D eigenvalue weighted by Gasteiger charge is 2.27. The minimum absolute atomic E-state index is 0.0819. The van der Waals surface area contributed by atoms with Crippen LogP contribution in [-0.2, 0) is 10.0 Å². The highest BCUT2D eigenvalue weighted by Crippen LogP contribution is 2.23. The van der Waals surface area contributed by atoms with Crippen LogP contribution in [0.2, 0.25) is 0 Å². The second-order valence-electron chi connectivity index (χ2n) is 6.03. The normalized spacial score (nSPS) is 23.2. The van der Waals surface area contributed by atoms with Crippen molar-refractivity contribution in [2.45, 2.75) is 44.0 Å².